The van der Waals surface area contributed by atoms with Crippen LogP contribution in [0.1, 0.15) is 39.5 Å². The van der Waals surface area contributed by atoms with Crippen LogP contribution in [0.15, 0.2) is 42.5 Å². The van der Waals surface area contributed by atoms with Crippen LogP contribution < -0.4 is 5.32 Å². The predicted octanol–water partition coefficient (Wildman–Crippen LogP) is 3.47. The molecular formula is C20H23NO3. The van der Waals surface area contributed by atoms with E-state index in [1.54, 1.807) is 6.92 Å². The molecule has 0 fully saturated rings. The van der Waals surface area contributed by atoms with Crippen LogP contribution >= 0.6 is 0 Å². The van der Waals surface area contributed by atoms with Crippen molar-refractivity contribution in [2.45, 2.75) is 40.3 Å². The Morgan fingerprint density at radius 3 is 2.21 bits per heavy atom. The van der Waals surface area contributed by atoms with E-state index in [2.05, 4.69) is 5.32 Å². The zero-order valence-corrected chi connectivity index (χ0v) is 14.6. The van der Waals surface area contributed by atoms with Crippen molar-refractivity contribution in [2.75, 3.05) is 0 Å². The quantitative estimate of drug-likeness (QED) is 0.856. The van der Waals surface area contributed by atoms with Crippen molar-refractivity contribution >= 4 is 11.9 Å². The number of hydrogen-bond acceptors (Lipinski definition) is 3. The fourth-order valence-corrected chi connectivity index (χ4v) is 2.70. The first-order chi connectivity index (χ1) is 11.4. The Labute approximate surface area is 142 Å². The first kappa shape index (κ1) is 17.7. The number of nitrogens with one attached hydrogen (secondary N) is 1. The van der Waals surface area contributed by atoms with Gasteiger partial charge in [-0.2, -0.15) is 0 Å². The summed E-state index contributed by atoms with van der Waals surface area (Å²) in [5, 5.41) is 2.78. The Balaban J connectivity index is 1.97. The fourth-order valence-electron chi connectivity index (χ4n) is 2.70. The summed E-state index contributed by atoms with van der Waals surface area (Å²) in [5.74, 6) is -0.776. The van der Waals surface area contributed by atoms with Crippen LogP contribution in [0.2, 0.25) is 0 Å². The summed E-state index contributed by atoms with van der Waals surface area (Å²) < 4.78 is 5.34. The Morgan fingerprint density at radius 1 is 1.04 bits per heavy atom. The van der Waals surface area contributed by atoms with E-state index in [1.807, 2.05) is 63.2 Å². The van der Waals surface area contributed by atoms with Crippen molar-refractivity contribution in [3.05, 3.63) is 70.3 Å². The van der Waals surface area contributed by atoms with E-state index in [4.69, 9.17) is 4.74 Å². The lowest BCUT2D eigenvalue weighted by Gasteiger charge is -2.16. The molecule has 1 N–H and O–H groups in total. The zero-order valence-electron chi connectivity index (χ0n) is 14.6. The SMILES string of the molecule is Cc1cc(C)c(C(=O)OC(C)C(=O)NCc2ccccc2)c(C)c1. The van der Waals surface area contributed by atoms with Crippen LogP contribution in [-0.2, 0) is 16.1 Å². The maximum atomic E-state index is 12.4. The second-order valence-electron chi connectivity index (χ2n) is 6.02. The maximum Gasteiger partial charge on any atom is 0.339 e. The fraction of sp³-hybridized carbons (Fsp3) is 0.300. The molecule has 0 bridgehead atoms. The van der Waals surface area contributed by atoms with Crippen LogP contribution in [0, 0.1) is 20.8 Å². The normalized spacial score (nSPS) is 11.7. The highest BCUT2D eigenvalue weighted by Crippen LogP contribution is 2.18. The van der Waals surface area contributed by atoms with Gasteiger partial charge < -0.3 is 10.1 Å². The highest BCUT2D eigenvalue weighted by molar-refractivity contribution is 5.94. The van der Waals surface area contributed by atoms with Gasteiger partial charge in [0.25, 0.3) is 5.91 Å². The number of ether oxygens (including phenoxy) is 1. The monoisotopic (exact) mass is 325 g/mol. The van der Waals surface area contributed by atoms with Gasteiger partial charge in [0.2, 0.25) is 0 Å². The van der Waals surface area contributed by atoms with Crippen molar-refractivity contribution in [3.8, 4) is 0 Å². The second-order valence-corrected chi connectivity index (χ2v) is 6.02. The Hall–Kier alpha value is -2.62. The highest BCUT2D eigenvalue weighted by Gasteiger charge is 2.21. The number of hydrogen-bond donors (Lipinski definition) is 1. The van der Waals surface area contributed by atoms with Gasteiger partial charge in [0.05, 0.1) is 5.56 Å². The number of rotatable bonds is 5. The summed E-state index contributed by atoms with van der Waals surface area (Å²) in [6, 6.07) is 13.5. The largest absolute Gasteiger partial charge is 0.449 e. The topological polar surface area (TPSA) is 55.4 Å². The molecular weight excluding hydrogens is 302 g/mol. The number of carbonyl (C=O) groups is 2. The Kier molecular flexibility index (Phi) is 5.74. The molecule has 24 heavy (non-hydrogen) atoms. The molecule has 1 unspecified atom stereocenters. The molecule has 1 atom stereocenters. The minimum Gasteiger partial charge on any atom is -0.449 e. The number of carbonyl (C=O) groups excluding carboxylic acids is 2. The van der Waals surface area contributed by atoms with Crippen molar-refractivity contribution in [3.63, 3.8) is 0 Å². The molecule has 0 saturated heterocycles. The van der Waals surface area contributed by atoms with Crippen molar-refractivity contribution in [1.29, 1.82) is 0 Å². The first-order valence-corrected chi connectivity index (χ1v) is 7.99. The molecule has 2 rings (SSSR count). The highest BCUT2D eigenvalue weighted by atomic mass is 16.5. The molecule has 4 heteroatoms. The van der Waals surface area contributed by atoms with Crippen molar-refractivity contribution < 1.29 is 14.3 Å². The lowest BCUT2D eigenvalue weighted by Crippen LogP contribution is -2.35. The van der Waals surface area contributed by atoms with Gasteiger partial charge in [0.15, 0.2) is 6.10 Å². The third kappa shape index (κ3) is 4.44. The Bertz CT molecular complexity index is 715. The number of esters is 1. The van der Waals surface area contributed by atoms with Crippen LogP contribution in [0.25, 0.3) is 0 Å². The van der Waals surface area contributed by atoms with Gasteiger partial charge in [-0.15, -0.1) is 0 Å². The molecule has 0 spiro atoms. The minimum atomic E-state index is -0.846. The molecule has 0 aliphatic heterocycles. The zero-order chi connectivity index (χ0) is 17.7. The summed E-state index contributed by atoms with van der Waals surface area (Å²) >= 11 is 0. The van der Waals surface area contributed by atoms with E-state index in [9.17, 15) is 9.59 Å². The standard InChI is InChI=1S/C20H23NO3/c1-13-10-14(2)18(15(3)11-13)20(23)24-16(4)19(22)21-12-17-8-6-5-7-9-17/h5-11,16H,12H2,1-4H3,(H,21,22). The Morgan fingerprint density at radius 2 is 1.62 bits per heavy atom. The number of benzene rings is 2. The number of aryl methyl sites for hydroxylation is 3. The summed E-state index contributed by atoms with van der Waals surface area (Å²) in [6.07, 6.45) is -0.846. The smallest absolute Gasteiger partial charge is 0.339 e. The summed E-state index contributed by atoms with van der Waals surface area (Å²) in [4.78, 5) is 24.5. The first-order valence-electron chi connectivity index (χ1n) is 7.99. The molecule has 0 aliphatic carbocycles. The molecule has 0 aromatic heterocycles. The van der Waals surface area contributed by atoms with Crippen molar-refractivity contribution in [1.82, 2.24) is 5.32 Å². The third-order valence-electron chi connectivity index (χ3n) is 3.84. The molecule has 1 amide bonds. The molecule has 0 aliphatic rings. The van der Waals surface area contributed by atoms with Crippen LogP contribution in [0.5, 0.6) is 0 Å². The molecule has 2 aromatic rings. The van der Waals surface area contributed by atoms with Gasteiger partial charge >= 0.3 is 5.97 Å². The maximum absolute atomic E-state index is 12.4. The van der Waals surface area contributed by atoms with Crippen LogP contribution in [-0.4, -0.2) is 18.0 Å². The van der Waals surface area contributed by atoms with Crippen LogP contribution in [0.4, 0.5) is 0 Å². The third-order valence-corrected chi connectivity index (χ3v) is 3.84. The van der Waals surface area contributed by atoms with Gasteiger partial charge in [-0.05, 0) is 44.4 Å². The molecule has 0 heterocycles. The van der Waals surface area contributed by atoms with E-state index < -0.39 is 12.1 Å². The van der Waals surface area contributed by atoms with Crippen molar-refractivity contribution in [2.24, 2.45) is 0 Å². The van der Waals surface area contributed by atoms with E-state index >= 15 is 0 Å². The average molecular weight is 325 g/mol. The average Bonchev–Trinajstić information content (AvgIpc) is 2.52. The predicted molar refractivity (Wildman–Crippen MR) is 93.8 cm³/mol. The van der Waals surface area contributed by atoms with Gasteiger partial charge in [-0.25, -0.2) is 4.79 Å². The molecule has 4 nitrogen and oxygen atoms in total. The molecule has 2 aromatic carbocycles. The second kappa shape index (κ2) is 7.77. The van der Waals surface area contributed by atoms with Crippen LogP contribution in [0.3, 0.4) is 0 Å². The van der Waals surface area contributed by atoms with E-state index in [0.717, 1.165) is 22.3 Å². The van der Waals surface area contributed by atoms with Gasteiger partial charge in [0.1, 0.15) is 0 Å². The van der Waals surface area contributed by atoms with Gasteiger partial charge in [-0.1, -0.05) is 48.0 Å². The van der Waals surface area contributed by atoms with E-state index in [-0.39, 0.29) is 5.91 Å². The molecule has 0 saturated carbocycles. The summed E-state index contributed by atoms with van der Waals surface area (Å²) in [5.41, 5.74) is 4.33. The van der Waals surface area contributed by atoms with E-state index in [1.165, 1.54) is 0 Å². The lowest BCUT2D eigenvalue weighted by atomic mass is 10.00. The molecule has 0 radical (unpaired) electrons. The minimum absolute atomic E-state index is 0.311. The summed E-state index contributed by atoms with van der Waals surface area (Å²) in [6.45, 7) is 7.71. The molecule has 126 valence electrons. The lowest BCUT2D eigenvalue weighted by molar-refractivity contribution is -0.129. The summed E-state index contributed by atoms with van der Waals surface area (Å²) in [7, 11) is 0. The van der Waals surface area contributed by atoms with Gasteiger partial charge in [-0.3, -0.25) is 4.79 Å². The number of amides is 1. The van der Waals surface area contributed by atoms with E-state index in [0.29, 0.717) is 12.1 Å². The van der Waals surface area contributed by atoms with Gasteiger partial charge in [0, 0.05) is 6.54 Å².